The standard InChI is InChI=1S/C13H19BrN2/c1-10-2-4-11(5-3-10)8-16-13-6-7-15-9-12(13)14/h6-7,9-11H,2-5,8H2,1H3,(H,15,16). The van der Waals surface area contributed by atoms with Crippen molar-refractivity contribution in [3.8, 4) is 0 Å². The molecule has 1 aliphatic carbocycles. The molecule has 0 unspecified atom stereocenters. The number of hydrogen-bond acceptors (Lipinski definition) is 2. The summed E-state index contributed by atoms with van der Waals surface area (Å²) in [5, 5.41) is 3.51. The van der Waals surface area contributed by atoms with Crippen LogP contribution >= 0.6 is 15.9 Å². The van der Waals surface area contributed by atoms with E-state index in [-0.39, 0.29) is 0 Å². The maximum atomic E-state index is 4.06. The molecular formula is C13H19BrN2. The summed E-state index contributed by atoms with van der Waals surface area (Å²) in [6.45, 7) is 3.46. The van der Waals surface area contributed by atoms with Gasteiger partial charge < -0.3 is 5.32 Å². The largest absolute Gasteiger partial charge is 0.384 e. The predicted octanol–water partition coefficient (Wildman–Crippen LogP) is 4.08. The van der Waals surface area contributed by atoms with Gasteiger partial charge in [-0.3, -0.25) is 4.98 Å². The molecule has 1 aromatic rings. The first-order valence-corrected chi connectivity index (χ1v) is 6.88. The molecule has 0 saturated heterocycles. The predicted molar refractivity (Wildman–Crippen MR) is 71.5 cm³/mol. The molecule has 3 heteroatoms. The molecule has 0 amide bonds. The van der Waals surface area contributed by atoms with Crippen LogP contribution in [0.25, 0.3) is 0 Å². The molecule has 16 heavy (non-hydrogen) atoms. The van der Waals surface area contributed by atoms with Crippen LogP contribution in [0, 0.1) is 11.8 Å². The highest BCUT2D eigenvalue weighted by molar-refractivity contribution is 9.10. The maximum absolute atomic E-state index is 4.06. The van der Waals surface area contributed by atoms with Crippen molar-refractivity contribution >= 4 is 21.6 Å². The van der Waals surface area contributed by atoms with Gasteiger partial charge in [-0.15, -0.1) is 0 Å². The minimum atomic E-state index is 0.844. The third-order valence-electron chi connectivity index (χ3n) is 3.49. The second kappa shape index (κ2) is 5.67. The van der Waals surface area contributed by atoms with Gasteiger partial charge in [-0.25, -0.2) is 0 Å². The van der Waals surface area contributed by atoms with Crippen LogP contribution in [0.5, 0.6) is 0 Å². The van der Waals surface area contributed by atoms with Crippen LogP contribution in [0.1, 0.15) is 32.6 Å². The molecule has 0 aromatic carbocycles. The van der Waals surface area contributed by atoms with Gasteiger partial charge in [-0.2, -0.15) is 0 Å². The molecule has 1 heterocycles. The van der Waals surface area contributed by atoms with E-state index in [2.05, 4.69) is 33.2 Å². The van der Waals surface area contributed by atoms with Gasteiger partial charge in [0.1, 0.15) is 0 Å². The van der Waals surface area contributed by atoms with Crippen molar-refractivity contribution in [2.75, 3.05) is 11.9 Å². The normalized spacial score (nSPS) is 25.4. The first kappa shape index (κ1) is 11.9. The number of aromatic nitrogens is 1. The van der Waals surface area contributed by atoms with Gasteiger partial charge in [-0.05, 0) is 46.7 Å². The lowest BCUT2D eigenvalue weighted by Gasteiger charge is -2.26. The smallest absolute Gasteiger partial charge is 0.0590 e. The Morgan fingerprint density at radius 3 is 2.81 bits per heavy atom. The van der Waals surface area contributed by atoms with Crippen LogP contribution in [0.3, 0.4) is 0 Å². The molecule has 0 atom stereocenters. The molecule has 2 nitrogen and oxygen atoms in total. The number of pyridine rings is 1. The van der Waals surface area contributed by atoms with Crippen LogP contribution < -0.4 is 5.32 Å². The summed E-state index contributed by atoms with van der Waals surface area (Å²) in [6, 6.07) is 2.02. The second-order valence-electron chi connectivity index (χ2n) is 4.86. The summed E-state index contributed by atoms with van der Waals surface area (Å²) in [5.74, 6) is 1.78. The topological polar surface area (TPSA) is 24.9 Å². The summed E-state index contributed by atoms with van der Waals surface area (Å²) < 4.78 is 1.05. The molecule has 0 spiro atoms. The van der Waals surface area contributed by atoms with Crippen molar-refractivity contribution in [2.45, 2.75) is 32.6 Å². The van der Waals surface area contributed by atoms with Gasteiger partial charge >= 0.3 is 0 Å². The minimum Gasteiger partial charge on any atom is -0.384 e. The van der Waals surface area contributed by atoms with Crippen LogP contribution in [-0.2, 0) is 0 Å². The lowest BCUT2D eigenvalue weighted by molar-refractivity contribution is 0.300. The minimum absolute atomic E-state index is 0.844. The van der Waals surface area contributed by atoms with E-state index in [4.69, 9.17) is 0 Å². The van der Waals surface area contributed by atoms with Crippen LogP contribution in [0.4, 0.5) is 5.69 Å². The average molecular weight is 283 g/mol. The van der Waals surface area contributed by atoms with E-state index in [0.29, 0.717) is 0 Å². The summed E-state index contributed by atoms with van der Waals surface area (Å²) >= 11 is 3.51. The molecule has 0 aliphatic heterocycles. The zero-order valence-electron chi connectivity index (χ0n) is 9.75. The number of rotatable bonds is 3. The van der Waals surface area contributed by atoms with Crippen molar-refractivity contribution in [1.29, 1.82) is 0 Å². The Bertz CT molecular complexity index is 332. The quantitative estimate of drug-likeness (QED) is 0.904. The van der Waals surface area contributed by atoms with Crippen molar-refractivity contribution in [3.63, 3.8) is 0 Å². The number of nitrogens with zero attached hydrogens (tertiary/aromatic N) is 1. The fourth-order valence-corrected chi connectivity index (χ4v) is 2.70. The van der Waals surface area contributed by atoms with Crippen molar-refractivity contribution in [1.82, 2.24) is 4.98 Å². The first-order valence-electron chi connectivity index (χ1n) is 6.09. The van der Waals surface area contributed by atoms with Gasteiger partial charge in [0.2, 0.25) is 0 Å². The van der Waals surface area contributed by atoms with Gasteiger partial charge in [0.25, 0.3) is 0 Å². The number of halogens is 1. The summed E-state index contributed by atoms with van der Waals surface area (Å²) in [6.07, 6.45) is 9.20. The van der Waals surface area contributed by atoms with Crippen LogP contribution in [0.15, 0.2) is 22.9 Å². The highest BCUT2D eigenvalue weighted by Crippen LogP contribution is 2.29. The highest BCUT2D eigenvalue weighted by Gasteiger charge is 2.17. The summed E-state index contributed by atoms with van der Waals surface area (Å²) in [7, 11) is 0. The first-order chi connectivity index (χ1) is 7.75. The van der Waals surface area contributed by atoms with E-state index in [0.717, 1.165) is 28.5 Å². The third-order valence-corrected chi connectivity index (χ3v) is 4.12. The van der Waals surface area contributed by atoms with Crippen molar-refractivity contribution in [3.05, 3.63) is 22.9 Å². The molecule has 88 valence electrons. The molecule has 1 N–H and O–H groups in total. The van der Waals surface area contributed by atoms with Gasteiger partial charge in [0.05, 0.1) is 10.2 Å². The monoisotopic (exact) mass is 282 g/mol. The maximum Gasteiger partial charge on any atom is 0.0590 e. The van der Waals surface area contributed by atoms with Gasteiger partial charge in [0.15, 0.2) is 0 Å². The fraction of sp³-hybridized carbons (Fsp3) is 0.615. The third kappa shape index (κ3) is 3.21. The van der Waals surface area contributed by atoms with E-state index in [9.17, 15) is 0 Å². The Kier molecular flexibility index (Phi) is 4.22. The molecule has 1 fully saturated rings. The molecular weight excluding hydrogens is 264 g/mol. The Labute approximate surface area is 106 Å². The average Bonchev–Trinajstić information content (AvgIpc) is 2.30. The van der Waals surface area contributed by atoms with Crippen LogP contribution in [-0.4, -0.2) is 11.5 Å². The molecule has 1 saturated carbocycles. The second-order valence-corrected chi connectivity index (χ2v) is 5.72. The van der Waals surface area contributed by atoms with E-state index < -0.39 is 0 Å². The van der Waals surface area contributed by atoms with Crippen LogP contribution in [0.2, 0.25) is 0 Å². The Morgan fingerprint density at radius 1 is 1.38 bits per heavy atom. The molecule has 2 rings (SSSR count). The number of hydrogen-bond donors (Lipinski definition) is 1. The lowest BCUT2D eigenvalue weighted by atomic mass is 9.83. The van der Waals surface area contributed by atoms with E-state index in [1.807, 2.05) is 18.5 Å². The summed E-state index contributed by atoms with van der Waals surface area (Å²) in [4.78, 5) is 4.06. The Morgan fingerprint density at radius 2 is 2.12 bits per heavy atom. The summed E-state index contributed by atoms with van der Waals surface area (Å²) in [5.41, 5.74) is 1.16. The highest BCUT2D eigenvalue weighted by atomic mass is 79.9. The van der Waals surface area contributed by atoms with Gasteiger partial charge in [-0.1, -0.05) is 19.8 Å². The van der Waals surface area contributed by atoms with Gasteiger partial charge in [0, 0.05) is 18.9 Å². The zero-order valence-corrected chi connectivity index (χ0v) is 11.3. The lowest BCUT2D eigenvalue weighted by Crippen LogP contribution is -2.20. The number of nitrogens with one attached hydrogen (secondary N) is 1. The van der Waals surface area contributed by atoms with Crippen molar-refractivity contribution in [2.24, 2.45) is 11.8 Å². The fourth-order valence-electron chi connectivity index (χ4n) is 2.31. The number of anilines is 1. The van der Waals surface area contributed by atoms with E-state index >= 15 is 0 Å². The molecule has 1 aliphatic rings. The van der Waals surface area contributed by atoms with Crippen molar-refractivity contribution < 1.29 is 0 Å². The molecule has 1 aromatic heterocycles. The van der Waals surface area contributed by atoms with E-state index in [1.165, 1.54) is 25.7 Å². The Hall–Kier alpha value is -0.570. The SMILES string of the molecule is CC1CCC(CNc2ccncc2Br)CC1. The molecule has 0 radical (unpaired) electrons. The zero-order chi connectivity index (χ0) is 11.4. The van der Waals surface area contributed by atoms with E-state index in [1.54, 1.807) is 0 Å². The molecule has 0 bridgehead atoms. The Balaban J connectivity index is 1.81.